The van der Waals surface area contributed by atoms with Gasteiger partial charge in [-0.25, -0.2) is 9.97 Å². The van der Waals surface area contributed by atoms with Gasteiger partial charge in [0.1, 0.15) is 11.1 Å². The highest BCUT2D eigenvalue weighted by molar-refractivity contribution is 7.15. The largest absolute Gasteiger partial charge is 0.473 e. The van der Waals surface area contributed by atoms with E-state index in [1.807, 2.05) is 0 Å². The minimum atomic E-state index is -0.261. The SMILES string of the molecule is O=C(Nc1nc2c(s1)CCCC2)c1cnc(OC2CCOCC2)c(Cl)c1. The van der Waals surface area contributed by atoms with Gasteiger partial charge in [-0.05, 0) is 31.7 Å². The van der Waals surface area contributed by atoms with E-state index in [0.717, 1.165) is 37.8 Å². The molecule has 26 heavy (non-hydrogen) atoms. The van der Waals surface area contributed by atoms with Crippen molar-refractivity contribution >= 4 is 34.0 Å². The lowest BCUT2D eigenvalue weighted by Crippen LogP contribution is -2.26. The van der Waals surface area contributed by atoms with Gasteiger partial charge < -0.3 is 9.47 Å². The first-order valence-electron chi connectivity index (χ1n) is 8.89. The second-order valence-corrected chi connectivity index (χ2v) is 7.98. The number of nitrogens with zero attached hydrogens (tertiary/aromatic N) is 2. The summed E-state index contributed by atoms with van der Waals surface area (Å²) in [6, 6.07) is 1.59. The average molecular weight is 394 g/mol. The smallest absolute Gasteiger partial charge is 0.259 e. The normalized spacial score (nSPS) is 17.6. The van der Waals surface area contributed by atoms with E-state index in [2.05, 4.69) is 15.3 Å². The predicted octanol–water partition coefficient (Wildman–Crippen LogP) is 3.88. The fraction of sp³-hybridized carbons (Fsp3) is 0.500. The molecule has 2 aromatic rings. The highest BCUT2D eigenvalue weighted by atomic mass is 35.5. The van der Waals surface area contributed by atoms with Crippen LogP contribution in [0, 0.1) is 0 Å². The summed E-state index contributed by atoms with van der Waals surface area (Å²) in [5, 5.41) is 3.83. The zero-order valence-corrected chi connectivity index (χ0v) is 15.9. The third kappa shape index (κ3) is 4.00. The first kappa shape index (κ1) is 17.7. The number of anilines is 1. The number of carbonyl (C=O) groups excluding carboxylic acids is 1. The molecule has 2 aromatic heterocycles. The molecule has 1 saturated heterocycles. The third-order valence-electron chi connectivity index (χ3n) is 4.58. The summed E-state index contributed by atoms with van der Waals surface area (Å²) in [5.74, 6) is 0.0999. The number of rotatable bonds is 4. The number of nitrogens with one attached hydrogen (secondary N) is 1. The second-order valence-electron chi connectivity index (χ2n) is 6.49. The van der Waals surface area contributed by atoms with Crippen molar-refractivity contribution in [2.24, 2.45) is 0 Å². The molecule has 0 atom stereocenters. The number of fused-ring (bicyclic) bond motifs is 1. The molecule has 1 aliphatic carbocycles. The van der Waals surface area contributed by atoms with Crippen LogP contribution in [0.2, 0.25) is 5.02 Å². The summed E-state index contributed by atoms with van der Waals surface area (Å²) in [4.78, 5) is 22.5. The van der Waals surface area contributed by atoms with Gasteiger partial charge in [-0.1, -0.05) is 11.6 Å². The van der Waals surface area contributed by atoms with Crippen LogP contribution in [0.3, 0.4) is 0 Å². The fourth-order valence-electron chi connectivity index (χ4n) is 3.16. The standard InChI is InChI=1S/C18H20ClN3O3S/c19-13-9-11(10-20-17(13)25-12-5-7-24-8-6-12)16(23)22-18-21-14-3-1-2-4-15(14)26-18/h9-10,12H,1-8H2,(H,21,22,23). The van der Waals surface area contributed by atoms with Gasteiger partial charge in [-0.2, -0.15) is 0 Å². The number of hydrogen-bond acceptors (Lipinski definition) is 6. The number of aromatic nitrogens is 2. The van der Waals surface area contributed by atoms with Crippen molar-refractivity contribution in [2.75, 3.05) is 18.5 Å². The van der Waals surface area contributed by atoms with E-state index in [4.69, 9.17) is 21.1 Å². The van der Waals surface area contributed by atoms with E-state index in [9.17, 15) is 4.79 Å². The summed E-state index contributed by atoms with van der Waals surface area (Å²) in [5.41, 5.74) is 1.51. The van der Waals surface area contributed by atoms with Gasteiger partial charge in [0, 0.05) is 23.9 Å². The number of halogens is 1. The molecule has 138 valence electrons. The number of amides is 1. The van der Waals surface area contributed by atoms with Crippen LogP contribution in [-0.4, -0.2) is 35.2 Å². The Kier molecular flexibility index (Phi) is 5.38. The zero-order valence-electron chi connectivity index (χ0n) is 14.3. The van der Waals surface area contributed by atoms with E-state index in [1.54, 1.807) is 17.4 Å². The van der Waals surface area contributed by atoms with Crippen LogP contribution in [0.15, 0.2) is 12.3 Å². The second kappa shape index (κ2) is 7.90. The molecule has 0 aromatic carbocycles. The molecule has 0 bridgehead atoms. The molecule has 0 spiro atoms. The minimum Gasteiger partial charge on any atom is -0.473 e. The molecule has 6 nitrogen and oxygen atoms in total. The summed E-state index contributed by atoms with van der Waals surface area (Å²) < 4.78 is 11.1. The van der Waals surface area contributed by atoms with Crippen LogP contribution >= 0.6 is 22.9 Å². The van der Waals surface area contributed by atoms with Gasteiger partial charge in [-0.3, -0.25) is 10.1 Å². The molecule has 0 saturated carbocycles. The van der Waals surface area contributed by atoms with E-state index >= 15 is 0 Å². The highest BCUT2D eigenvalue weighted by Gasteiger charge is 2.20. The molecule has 2 aliphatic rings. The number of aryl methyl sites for hydroxylation is 2. The van der Waals surface area contributed by atoms with Gasteiger partial charge >= 0.3 is 0 Å². The predicted molar refractivity (Wildman–Crippen MR) is 100 cm³/mol. The minimum absolute atomic E-state index is 0.0510. The van der Waals surface area contributed by atoms with Crippen LogP contribution in [0.25, 0.3) is 0 Å². The van der Waals surface area contributed by atoms with Crippen LogP contribution in [0.4, 0.5) is 5.13 Å². The van der Waals surface area contributed by atoms with Crippen molar-refractivity contribution in [3.8, 4) is 5.88 Å². The van der Waals surface area contributed by atoms with Gasteiger partial charge in [0.15, 0.2) is 5.13 Å². The lowest BCUT2D eigenvalue weighted by atomic mass is 10.0. The molecule has 1 amide bonds. The Morgan fingerprint density at radius 1 is 1.31 bits per heavy atom. The lowest BCUT2D eigenvalue weighted by Gasteiger charge is -2.23. The first-order chi connectivity index (χ1) is 12.7. The Bertz CT molecular complexity index is 781. The number of ether oxygens (including phenoxy) is 2. The number of hydrogen-bond donors (Lipinski definition) is 1. The molecule has 0 radical (unpaired) electrons. The first-order valence-corrected chi connectivity index (χ1v) is 10.1. The van der Waals surface area contributed by atoms with Crippen molar-refractivity contribution < 1.29 is 14.3 Å². The molecule has 8 heteroatoms. The quantitative estimate of drug-likeness (QED) is 0.853. The topological polar surface area (TPSA) is 73.3 Å². The Morgan fingerprint density at radius 2 is 2.12 bits per heavy atom. The molecule has 4 rings (SSSR count). The number of thiazole rings is 1. The summed E-state index contributed by atoms with van der Waals surface area (Å²) in [6.45, 7) is 1.36. The molecule has 3 heterocycles. The van der Waals surface area contributed by atoms with Gasteiger partial charge in [0.2, 0.25) is 5.88 Å². The Hall–Kier alpha value is -1.70. The van der Waals surface area contributed by atoms with E-state index in [1.165, 1.54) is 17.5 Å². The van der Waals surface area contributed by atoms with Crippen LogP contribution < -0.4 is 10.1 Å². The maximum atomic E-state index is 12.5. The molecule has 0 unspecified atom stereocenters. The van der Waals surface area contributed by atoms with Crippen molar-refractivity contribution in [3.63, 3.8) is 0 Å². The monoisotopic (exact) mass is 393 g/mol. The number of carbonyl (C=O) groups is 1. The van der Waals surface area contributed by atoms with Gasteiger partial charge in [0.05, 0.1) is 24.5 Å². The van der Waals surface area contributed by atoms with E-state index in [-0.39, 0.29) is 12.0 Å². The maximum absolute atomic E-state index is 12.5. The summed E-state index contributed by atoms with van der Waals surface area (Å²) >= 11 is 7.82. The zero-order chi connectivity index (χ0) is 17.9. The Balaban J connectivity index is 1.42. The summed E-state index contributed by atoms with van der Waals surface area (Å²) in [6.07, 6.45) is 7.57. The van der Waals surface area contributed by atoms with Crippen molar-refractivity contribution in [3.05, 3.63) is 33.4 Å². The van der Waals surface area contributed by atoms with Crippen molar-refractivity contribution in [1.29, 1.82) is 0 Å². The van der Waals surface area contributed by atoms with Crippen molar-refractivity contribution in [1.82, 2.24) is 9.97 Å². The molecule has 1 fully saturated rings. The molecule has 1 N–H and O–H groups in total. The number of pyridine rings is 1. The van der Waals surface area contributed by atoms with Crippen LogP contribution in [0.1, 0.15) is 46.6 Å². The van der Waals surface area contributed by atoms with Crippen molar-refractivity contribution in [2.45, 2.75) is 44.6 Å². The Morgan fingerprint density at radius 3 is 2.88 bits per heavy atom. The average Bonchev–Trinajstić information content (AvgIpc) is 3.06. The van der Waals surface area contributed by atoms with Gasteiger partial charge in [0.25, 0.3) is 5.91 Å². The lowest BCUT2D eigenvalue weighted by molar-refractivity contribution is 0.0238. The Labute approximate surface area is 160 Å². The van der Waals surface area contributed by atoms with Crippen LogP contribution in [0.5, 0.6) is 5.88 Å². The molecular weight excluding hydrogens is 374 g/mol. The van der Waals surface area contributed by atoms with Crippen LogP contribution in [-0.2, 0) is 17.6 Å². The van der Waals surface area contributed by atoms with Gasteiger partial charge in [-0.15, -0.1) is 11.3 Å². The summed E-state index contributed by atoms with van der Waals surface area (Å²) in [7, 11) is 0. The molecular formula is C18H20ClN3O3S. The maximum Gasteiger partial charge on any atom is 0.259 e. The third-order valence-corrected chi connectivity index (χ3v) is 5.93. The fourth-order valence-corrected chi connectivity index (χ4v) is 4.42. The van der Waals surface area contributed by atoms with E-state index < -0.39 is 0 Å². The highest BCUT2D eigenvalue weighted by Crippen LogP contribution is 2.30. The molecule has 1 aliphatic heterocycles. The van der Waals surface area contributed by atoms with E-state index in [0.29, 0.717) is 34.8 Å².